The van der Waals surface area contributed by atoms with Crippen molar-refractivity contribution in [2.24, 2.45) is 0 Å². The van der Waals surface area contributed by atoms with Gasteiger partial charge in [0.2, 0.25) is 0 Å². The van der Waals surface area contributed by atoms with Crippen LogP contribution in [-0.2, 0) is 17.2 Å². The highest BCUT2D eigenvalue weighted by molar-refractivity contribution is 8.12. The van der Waals surface area contributed by atoms with Crippen molar-refractivity contribution in [2.75, 3.05) is 6.61 Å². The van der Waals surface area contributed by atoms with Crippen LogP contribution in [0.15, 0.2) is 42.5 Å². The third-order valence-electron chi connectivity index (χ3n) is 3.08. The maximum absolute atomic E-state index is 13.5. The fourth-order valence-corrected chi connectivity index (χ4v) is 2.59. The lowest BCUT2D eigenvalue weighted by Crippen LogP contribution is -2.01. The van der Waals surface area contributed by atoms with E-state index in [-0.39, 0.29) is 30.3 Å². The van der Waals surface area contributed by atoms with Crippen LogP contribution in [0.1, 0.15) is 17.5 Å². The van der Waals surface area contributed by atoms with Crippen molar-refractivity contribution in [1.29, 1.82) is 0 Å². The lowest BCUT2D eigenvalue weighted by Gasteiger charge is -2.09. The Hall–Kier alpha value is -1.92. The number of rotatable bonds is 7. The van der Waals surface area contributed by atoms with Crippen LogP contribution in [0.2, 0.25) is 0 Å². The normalized spacial score (nSPS) is 10.6. The van der Waals surface area contributed by atoms with E-state index >= 15 is 0 Å². The molecule has 2 aromatic rings. The van der Waals surface area contributed by atoms with Crippen LogP contribution < -0.4 is 4.74 Å². The first kappa shape index (κ1) is 17.4. The van der Waals surface area contributed by atoms with Crippen molar-refractivity contribution in [1.82, 2.24) is 0 Å². The van der Waals surface area contributed by atoms with Gasteiger partial charge in [0.1, 0.15) is 24.0 Å². The molecule has 0 aliphatic heterocycles. The van der Waals surface area contributed by atoms with Crippen molar-refractivity contribution in [3.05, 3.63) is 65.2 Å². The summed E-state index contributed by atoms with van der Waals surface area (Å²) in [5, 5.41) is 8.59. The Morgan fingerprint density at radius 2 is 1.74 bits per heavy atom. The summed E-state index contributed by atoms with van der Waals surface area (Å²) in [6, 6.07) is 10.6. The van der Waals surface area contributed by atoms with Gasteiger partial charge in [0.15, 0.2) is 5.12 Å². The molecule has 2 rings (SSSR count). The molecule has 23 heavy (non-hydrogen) atoms. The van der Waals surface area contributed by atoms with Crippen molar-refractivity contribution in [3.63, 3.8) is 0 Å². The number of carbonyl (C=O) groups excluding carboxylic acids is 1. The highest BCUT2D eigenvalue weighted by atomic mass is 32.2. The maximum atomic E-state index is 13.5. The molecule has 0 aliphatic carbocycles. The summed E-state index contributed by atoms with van der Waals surface area (Å²) in [6.07, 6.45) is 0.139. The molecule has 0 spiro atoms. The number of benzene rings is 2. The number of aliphatic hydroxyl groups excluding tert-OH is 1. The molecule has 0 aliphatic rings. The van der Waals surface area contributed by atoms with Crippen LogP contribution in [-0.4, -0.2) is 16.8 Å². The summed E-state index contributed by atoms with van der Waals surface area (Å²) in [4.78, 5) is 11.3. The van der Waals surface area contributed by atoms with Gasteiger partial charge >= 0.3 is 0 Å². The van der Waals surface area contributed by atoms with E-state index in [4.69, 9.17) is 9.84 Å². The molecule has 0 fully saturated rings. The van der Waals surface area contributed by atoms with Crippen molar-refractivity contribution >= 4 is 16.9 Å². The van der Waals surface area contributed by atoms with Gasteiger partial charge in [-0.1, -0.05) is 30.0 Å². The van der Waals surface area contributed by atoms with Gasteiger partial charge in [-0.15, -0.1) is 0 Å². The van der Waals surface area contributed by atoms with Gasteiger partial charge in [-0.2, -0.15) is 0 Å². The molecule has 1 N–H and O–H groups in total. The highest BCUT2D eigenvalue weighted by Crippen LogP contribution is 2.20. The number of hydrogen-bond donors (Lipinski definition) is 1. The Morgan fingerprint density at radius 3 is 2.35 bits per heavy atom. The second kappa shape index (κ2) is 8.64. The number of aliphatic hydroxyl groups is 1. The fourth-order valence-electron chi connectivity index (χ4n) is 1.83. The summed E-state index contributed by atoms with van der Waals surface area (Å²) in [5.41, 5.74) is 0.812. The van der Waals surface area contributed by atoms with Gasteiger partial charge in [-0.05, 0) is 29.8 Å². The first-order chi connectivity index (χ1) is 11.1. The van der Waals surface area contributed by atoms with E-state index in [0.29, 0.717) is 11.5 Å². The van der Waals surface area contributed by atoms with E-state index in [2.05, 4.69) is 0 Å². The molecule has 0 radical (unpaired) electrons. The number of halogens is 2. The van der Waals surface area contributed by atoms with Crippen molar-refractivity contribution < 1.29 is 23.4 Å². The lowest BCUT2D eigenvalue weighted by atomic mass is 10.2. The summed E-state index contributed by atoms with van der Waals surface area (Å²) in [5.74, 6) is -0.287. The number of ether oxygens (including phenoxy) is 1. The minimum atomic E-state index is -0.639. The first-order valence-corrected chi connectivity index (χ1v) is 8.00. The zero-order valence-electron chi connectivity index (χ0n) is 12.3. The van der Waals surface area contributed by atoms with Gasteiger partial charge in [-0.25, -0.2) is 8.78 Å². The molecule has 122 valence electrons. The zero-order valence-corrected chi connectivity index (χ0v) is 13.1. The van der Waals surface area contributed by atoms with Crippen LogP contribution in [0.4, 0.5) is 8.78 Å². The van der Waals surface area contributed by atoms with Crippen LogP contribution in [0.3, 0.4) is 0 Å². The Bertz CT molecular complexity index is 639. The van der Waals surface area contributed by atoms with Crippen LogP contribution in [0.5, 0.6) is 5.75 Å². The zero-order chi connectivity index (χ0) is 16.7. The minimum absolute atomic E-state index is 0.0668. The fraction of sp³-hybridized carbons (Fsp3) is 0.235. The molecule has 2 aromatic carbocycles. The molecule has 0 unspecified atom stereocenters. The van der Waals surface area contributed by atoms with Gasteiger partial charge < -0.3 is 9.84 Å². The molecule has 0 saturated carbocycles. The van der Waals surface area contributed by atoms with E-state index in [0.717, 1.165) is 17.3 Å². The highest BCUT2D eigenvalue weighted by Gasteiger charge is 2.09. The molecule has 0 saturated heterocycles. The molecule has 6 heteroatoms. The van der Waals surface area contributed by atoms with E-state index in [1.165, 1.54) is 18.2 Å². The second-order valence-electron chi connectivity index (χ2n) is 4.77. The largest absolute Gasteiger partial charge is 0.489 e. The second-order valence-corrected chi connectivity index (χ2v) is 5.80. The number of hydrogen-bond acceptors (Lipinski definition) is 4. The Morgan fingerprint density at radius 1 is 1.09 bits per heavy atom. The summed E-state index contributed by atoms with van der Waals surface area (Å²) in [6.45, 7) is -0.340. The van der Waals surface area contributed by atoms with Crippen LogP contribution in [0, 0.1) is 11.6 Å². The molecule has 0 bridgehead atoms. The van der Waals surface area contributed by atoms with Crippen LogP contribution >= 0.6 is 11.8 Å². The molecular formula is C17H16F2O3S. The lowest BCUT2D eigenvalue weighted by molar-refractivity contribution is -0.111. The molecule has 0 heterocycles. The Labute approximate surface area is 137 Å². The molecule has 3 nitrogen and oxygen atoms in total. The van der Waals surface area contributed by atoms with Gasteiger partial charge in [0.05, 0.1) is 12.2 Å². The van der Waals surface area contributed by atoms with Gasteiger partial charge in [0, 0.05) is 12.2 Å². The number of carbonyl (C=O) groups is 1. The van der Waals surface area contributed by atoms with Crippen LogP contribution in [0.25, 0.3) is 0 Å². The summed E-state index contributed by atoms with van der Waals surface area (Å²) >= 11 is 1.14. The number of thioether (sulfide) groups is 1. The average molecular weight is 338 g/mol. The third-order valence-corrected chi connectivity index (χ3v) is 4.09. The predicted molar refractivity (Wildman–Crippen MR) is 85.1 cm³/mol. The minimum Gasteiger partial charge on any atom is -0.489 e. The maximum Gasteiger partial charge on any atom is 0.191 e. The molecule has 0 aromatic heterocycles. The van der Waals surface area contributed by atoms with Gasteiger partial charge in [-0.3, -0.25) is 4.79 Å². The molecule has 0 amide bonds. The standard InChI is InChI=1S/C17H16F2O3S/c18-15-2-1-3-16(19)14(15)10-22-13-6-4-12(5-7-13)11-23-17(21)8-9-20/h1-7,20H,8-11H2. The predicted octanol–water partition coefficient (Wildman–Crippen LogP) is 3.69. The van der Waals surface area contributed by atoms with E-state index in [1.54, 1.807) is 24.3 Å². The van der Waals surface area contributed by atoms with E-state index < -0.39 is 11.6 Å². The monoisotopic (exact) mass is 338 g/mol. The van der Waals surface area contributed by atoms with E-state index in [1.807, 2.05) is 0 Å². The van der Waals surface area contributed by atoms with Gasteiger partial charge in [0.25, 0.3) is 0 Å². The smallest absolute Gasteiger partial charge is 0.191 e. The Kier molecular flexibility index (Phi) is 6.55. The molecular weight excluding hydrogens is 322 g/mol. The average Bonchev–Trinajstić information content (AvgIpc) is 2.54. The third kappa shape index (κ3) is 5.33. The summed E-state index contributed by atoms with van der Waals surface area (Å²) in [7, 11) is 0. The SMILES string of the molecule is O=C(CCO)SCc1ccc(OCc2c(F)cccc2F)cc1. The van der Waals surface area contributed by atoms with E-state index in [9.17, 15) is 13.6 Å². The quantitative estimate of drug-likeness (QED) is 0.836. The summed E-state index contributed by atoms with van der Waals surface area (Å²) < 4.78 is 32.4. The Balaban J connectivity index is 1.89. The molecule has 0 atom stereocenters. The topological polar surface area (TPSA) is 46.5 Å². The van der Waals surface area contributed by atoms with Crippen molar-refractivity contribution in [2.45, 2.75) is 18.8 Å². The van der Waals surface area contributed by atoms with Crippen molar-refractivity contribution in [3.8, 4) is 5.75 Å². The first-order valence-electron chi connectivity index (χ1n) is 7.01.